The molecule has 1 aliphatic rings. The van der Waals surface area contributed by atoms with E-state index in [4.69, 9.17) is 11.5 Å². The number of nitrogens with two attached hydrogens (primary N) is 2. The minimum absolute atomic E-state index is 0.0565. The van der Waals surface area contributed by atoms with Crippen molar-refractivity contribution in [3.63, 3.8) is 0 Å². The predicted octanol–water partition coefficient (Wildman–Crippen LogP) is 2.12. The van der Waals surface area contributed by atoms with E-state index in [9.17, 15) is 18.0 Å². The molecular weight excluding hydrogens is 271 g/mol. The van der Waals surface area contributed by atoms with Gasteiger partial charge in [0.15, 0.2) is 0 Å². The third kappa shape index (κ3) is 2.66. The van der Waals surface area contributed by atoms with Crippen molar-refractivity contribution in [1.82, 2.24) is 5.32 Å². The quantitative estimate of drug-likeness (QED) is 0.729. The highest BCUT2D eigenvalue weighted by atomic mass is 19.4. The predicted molar refractivity (Wildman–Crippen MR) is 70.1 cm³/mol. The first-order valence-corrected chi connectivity index (χ1v) is 6.24. The van der Waals surface area contributed by atoms with E-state index >= 15 is 0 Å². The van der Waals surface area contributed by atoms with Crippen LogP contribution in [0.4, 0.5) is 24.5 Å². The number of carbonyl (C=O) groups excluding carboxylic acids is 1. The van der Waals surface area contributed by atoms with E-state index in [2.05, 4.69) is 0 Å². The van der Waals surface area contributed by atoms with Gasteiger partial charge in [-0.2, -0.15) is 13.2 Å². The molecule has 0 bridgehead atoms. The summed E-state index contributed by atoms with van der Waals surface area (Å²) < 4.78 is 36.5. The number of fused-ring (bicyclic) bond motifs is 1. The van der Waals surface area contributed by atoms with Crippen molar-refractivity contribution in [3.05, 3.63) is 23.3 Å². The SMILES string of the molecule is CC1CC(CNC(=O)C(F)(F)F)c2cc(N)c(N)cc21. The molecule has 2 atom stereocenters. The second kappa shape index (κ2) is 4.88. The van der Waals surface area contributed by atoms with Gasteiger partial charge in [0.25, 0.3) is 0 Å². The summed E-state index contributed by atoms with van der Waals surface area (Å²) in [7, 11) is 0. The van der Waals surface area contributed by atoms with Crippen LogP contribution in [0.2, 0.25) is 0 Å². The summed E-state index contributed by atoms with van der Waals surface area (Å²) in [6.07, 6.45) is -4.19. The largest absolute Gasteiger partial charge is 0.471 e. The van der Waals surface area contributed by atoms with Gasteiger partial charge in [0.2, 0.25) is 0 Å². The fourth-order valence-corrected chi connectivity index (χ4v) is 2.64. The Balaban J connectivity index is 2.14. The number of carbonyl (C=O) groups is 1. The fourth-order valence-electron chi connectivity index (χ4n) is 2.64. The number of halogens is 3. The topological polar surface area (TPSA) is 81.1 Å². The van der Waals surface area contributed by atoms with Gasteiger partial charge in [0.05, 0.1) is 11.4 Å². The molecule has 1 amide bonds. The van der Waals surface area contributed by atoms with Crippen LogP contribution in [0.5, 0.6) is 0 Å². The molecule has 0 heterocycles. The van der Waals surface area contributed by atoms with Crippen molar-refractivity contribution in [2.24, 2.45) is 0 Å². The molecule has 7 heteroatoms. The summed E-state index contributed by atoms with van der Waals surface area (Å²) in [5.74, 6) is -1.91. The molecule has 20 heavy (non-hydrogen) atoms. The number of hydrogen-bond donors (Lipinski definition) is 3. The third-order valence-electron chi connectivity index (χ3n) is 3.66. The standard InChI is InChI=1S/C13H16F3N3O/c1-6-2-7(5-19-12(20)13(14,15)16)9-4-11(18)10(17)3-8(6)9/h3-4,6-7H,2,5,17-18H2,1H3,(H,19,20). The Morgan fingerprint density at radius 1 is 1.30 bits per heavy atom. The van der Waals surface area contributed by atoms with Gasteiger partial charge in [0, 0.05) is 12.5 Å². The van der Waals surface area contributed by atoms with Crippen molar-refractivity contribution >= 4 is 17.3 Å². The molecule has 0 saturated carbocycles. The van der Waals surface area contributed by atoms with Crippen molar-refractivity contribution < 1.29 is 18.0 Å². The van der Waals surface area contributed by atoms with E-state index in [1.807, 2.05) is 12.2 Å². The molecule has 1 aromatic rings. The number of amides is 1. The van der Waals surface area contributed by atoms with Crippen LogP contribution in [0.15, 0.2) is 12.1 Å². The van der Waals surface area contributed by atoms with Gasteiger partial charge in [-0.3, -0.25) is 4.79 Å². The number of nitrogens with one attached hydrogen (secondary N) is 1. The Morgan fingerprint density at radius 3 is 2.40 bits per heavy atom. The number of nitrogen functional groups attached to an aromatic ring is 2. The fraction of sp³-hybridized carbons (Fsp3) is 0.462. The monoisotopic (exact) mass is 287 g/mol. The molecule has 2 rings (SSSR count). The highest BCUT2D eigenvalue weighted by molar-refractivity contribution is 5.81. The van der Waals surface area contributed by atoms with Crippen LogP contribution in [-0.2, 0) is 4.79 Å². The number of rotatable bonds is 2. The van der Waals surface area contributed by atoms with Crippen molar-refractivity contribution in [3.8, 4) is 0 Å². The molecule has 0 aliphatic heterocycles. The Kier molecular flexibility index (Phi) is 3.54. The lowest BCUT2D eigenvalue weighted by molar-refractivity contribution is -0.173. The Bertz CT molecular complexity index is 542. The van der Waals surface area contributed by atoms with Crippen LogP contribution in [0.25, 0.3) is 0 Å². The normalized spacial score (nSPS) is 21.6. The van der Waals surface area contributed by atoms with E-state index in [-0.39, 0.29) is 18.4 Å². The van der Waals surface area contributed by atoms with Crippen LogP contribution in [0, 0.1) is 0 Å². The average Bonchev–Trinajstić information content (AvgIpc) is 2.63. The molecule has 0 saturated heterocycles. The van der Waals surface area contributed by atoms with E-state index < -0.39 is 12.1 Å². The Hall–Kier alpha value is -1.92. The highest BCUT2D eigenvalue weighted by Crippen LogP contribution is 2.43. The zero-order chi connectivity index (χ0) is 15.1. The van der Waals surface area contributed by atoms with E-state index in [0.29, 0.717) is 17.8 Å². The molecule has 5 N–H and O–H groups in total. The smallest absolute Gasteiger partial charge is 0.397 e. The Labute approximate surface area is 114 Å². The lowest BCUT2D eigenvalue weighted by atomic mass is 10.00. The molecule has 1 aromatic carbocycles. The minimum Gasteiger partial charge on any atom is -0.397 e. The van der Waals surface area contributed by atoms with Gasteiger partial charge in [-0.05, 0) is 35.6 Å². The van der Waals surface area contributed by atoms with Gasteiger partial charge in [0.1, 0.15) is 0 Å². The summed E-state index contributed by atoms with van der Waals surface area (Å²) in [5.41, 5.74) is 14.2. The van der Waals surface area contributed by atoms with Gasteiger partial charge in [-0.25, -0.2) is 0 Å². The first-order chi connectivity index (χ1) is 9.20. The number of anilines is 2. The van der Waals surface area contributed by atoms with Crippen molar-refractivity contribution in [2.45, 2.75) is 31.4 Å². The Morgan fingerprint density at radius 2 is 1.85 bits per heavy atom. The second-order valence-electron chi connectivity index (χ2n) is 5.15. The van der Waals surface area contributed by atoms with Crippen molar-refractivity contribution in [2.75, 3.05) is 18.0 Å². The maximum atomic E-state index is 12.2. The maximum Gasteiger partial charge on any atom is 0.471 e. The molecule has 2 unspecified atom stereocenters. The summed E-state index contributed by atoms with van der Waals surface area (Å²) in [5, 5.41) is 1.92. The van der Waals surface area contributed by atoms with Gasteiger partial charge in [-0.1, -0.05) is 6.92 Å². The highest BCUT2D eigenvalue weighted by Gasteiger charge is 2.39. The van der Waals surface area contributed by atoms with Gasteiger partial charge >= 0.3 is 12.1 Å². The molecule has 0 spiro atoms. The third-order valence-corrected chi connectivity index (χ3v) is 3.66. The van der Waals surface area contributed by atoms with E-state index in [0.717, 1.165) is 11.1 Å². The zero-order valence-corrected chi connectivity index (χ0v) is 10.9. The van der Waals surface area contributed by atoms with Gasteiger partial charge < -0.3 is 16.8 Å². The minimum atomic E-state index is -4.85. The molecule has 0 fully saturated rings. The van der Waals surface area contributed by atoms with Crippen molar-refractivity contribution in [1.29, 1.82) is 0 Å². The molecule has 0 radical (unpaired) electrons. The second-order valence-corrected chi connectivity index (χ2v) is 5.15. The number of alkyl halides is 3. The van der Waals surface area contributed by atoms with Crippen LogP contribution in [-0.4, -0.2) is 18.6 Å². The number of benzene rings is 1. The average molecular weight is 287 g/mol. The first-order valence-electron chi connectivity index (χ1n) is 6.24. The molecule has 0 aromatic heterocycles. The number of hydrogen-bond acceptors (Lipinski definition) is 3. The summed E-state index contributed by atoms with van der Waals surface area (Å²) in [6.45, 7) is 1.92. The lowest BCUT2D eigenvalue weighted by Crippen LogP contribution is -2.38. The maximum absolute atomic E-state index is 12.2. The van der Waals surface area contributed by atoms with E-state index in [1.54, 1.807) is 12.1 Å². The van der Waals surface area contributed by atoms with Crippen LogP contribution >= 0.6 is 0 Å². The summed E-state index contributed by atoms with van der Waals surface area (Å²) in [6, 6.07) is 3.46. The molecule has 4 nitrogen and oxygen atoms in total. The summed E-state index contributed by atoms with van der Waals surface area (Å²) in [4.78, 5) is 10.9. The van der Waals surface area contributed by atoms with Gasteiger partial charge in [-0.15, -0.1) is 0 Å². The van der Waals surface area contributed by atoms with Crippen LogP contribution < -0.4 is 16.8 Å². The van der Waals surface area contributed by atoms with E-state index in [1.165, 1.54) is 0 Å². The van der Waals surface area contributed by atoms with Crippen LogP contribution in [0.1, 0.15) is 36.3 Å². The molecular formula is C13H16F3N3O. The lowest BCUT2D eigenvalue weighted by Gasteiger charge is -2.15. The first kappa shape index (κ1) is 14.5. The van der Waals surface area contributed by atoms with Crippen LogP contribution in [0.3, 0.4) is 0 Å². The zero-order valence-electron chi connectivity index (χ0n) is 10.9. The summed E-state index contributed by atoms with van der Waals surface area (Å²) >= 11 is 0. The molecule has 110 valence electrons. The molecule has 1 aliphatic carbocycles.